The Labute approximate surface area is 349 Å². The lowest BCUT2D eigenvalue weighted by Crippen LogP contribution is -2.30. The third-order valence-electron chi connectivity index (χ3n) is 8.81. The quantitative estimate of drug-likeness (QED) is 0.0268. The first kappa shape index (κ1) is 53.1. The molecule has 0 aromatic carbocycles. The lowest BCUT2D eigenvalue weighted by Gasteiger charge is -2.18. The lowest BCUT2D eigenvalue weighted by atomic mass is 10.1. The predicted molar refractivity (Wildman–Crippen MR) is 242 cm³/mol. The Morgan fingerprint density at radius 1 is 0.386 bits per heavy atom. The van der Waals surface area contributed by atoms with E-state index in [9.17, 15) is 14.4 Å². The van der Waals surface area contributed by atoms with Crippen LogP contribution in [-0.2, 0) is 28.6 Å². The molecule has 0 bridgehead atoms. The number of esters is 3. The molecule has 0 radical (unpaired) electrons. The molecule has 0 aromatic rings. The van der Waals surface area contributed by atoms with E-state index in [0.29, 0.717) is 19.3 Å². The second kappa shape index (κ2) is 44.8. The number of ether oxygens (including phenoxy) is 3. The maximum absolute atomic E-state index is 12.6. The van der Waals surface area contributed by atoms with E-state index >= 15 is 0 Å². The highest BCUT2D eigenvalue weighted by atomic mass is 16.6. The number of allylic oxidation sites excluding steroid dienone is 17. The van der Waals surface area contributed by atoms with Crippen LogP contribution < -0.4 is 0 Å². The molecule has 0 rings (SSSR count). The molecule has 0 aliphatic carbocycles. The summed E-state index contributed by atoms with van der Waals surface area (Å²) in [5.41, 5.74) is 0. The van der Waals surface area contributed by atoms with Crippen molar-refractivity contribution in [2.75, 3.05) is 13.2 Å². The number of hydrogen-bond acceptors (Lipinski definition) is 6. The highest BCUT2D eigenvalue weighted by Gasteiger charge is 2.19. The van der Waals surface area contributed by atoms with E-state index in [2.05, 4.69) is 118 Å². The largest absolute Gasteiger partial charge is 0.462 e. The van der Waals surface area contributed by atoms with Crippen LogP contribution in [0, 0.1) is 0 Å². The van der Waals surface area contributed by atoms with E-state index in [-0.39, 0.29) is 31.6 Å². The molecule has 0 aliphatic heterocycles. The van der Waals surface area contributed by atoms with Crippen molar-refractivity contribution in [3.8, 4) is 0 Å². The summed E-state index contributed by atoms with van der Waals surface area (Å²) in [6.45, 7) is 6.19. The van der Waals surface area contributed by atoms with Crippen LogP contribution in [0.1, 0.15) is 175 Å². The summed E-state index contributed by atoms with van der Waals surface area (Å²) >= 11 is 0. The second-order valence-electron chi connectivity index (χ2n) is 14.2. The standard InChI is InChI=1S/C51H80O6/c1-4-7-10-13-15-17-19-21-23-24-25-26-28-29-31-33-35-38-41-44-50(53)56-47-48(46-55-49(52)43-40-37-12-9-6-3)57-51(54)45-42-39-36-34-32-30-27-22-20-18-16-14-11-8-5-2/h7-8,10-11,15-18,21-23,25-27,32,34,39,42,48H,4-6,9,12-14,19-20,24,28-31,33,35-38,40-41,43-47H2,1-3H3/b10-7-,11-8-,17-15-,18-16-,23-21-,26-25-,27-22-,34-32-,42-39-. The second-order valence-corrected chi connectivity index (χ2v) is 14.2. The van der Waals surface area contributed by atoms with Gasteiger partial charge in [-0.05, 0) is 83.5 Å². The molecule has 320 valence electrons. The number of carbonyl (C=O) groups excluding carboxylic acids is 3. The Bertz CT molecular complexity index is 1230. The maximum atomic E-state index is 12.6. The zero-order valence-corrected chi connectivity index (χ0v) is 36.3. The molecule has 0 heterocycles. The minimum Gasteiger partial charge on any atom is -0.462 e. The Morgan fingerprint density at radius 3 is 1.16 bits per heavy atom. The van der Waals surface area contributed by atoms with Gasteiger partial charge in [-0.25, -0.2) is 0 Å². The van der Waals surface area contributed by atoms with Gasteiger partial charge in [0.05, 0.1) is 6.42 Å². The van der Waals surface area contributed by atoms with Crippen LogP contribution in [0.25, 0.3) is 0 Å². The van der Waals surface area contributed by atoms with Gasteiger partial charge in [-0.1, -0.05) is 182 Å². The monoisotopic (exact) mass is 789 g/mol. The maximum Gasteiger partial charge on any atom is 0.310 e. The van der Waals surface area contributed by atoms with E-state index in [1.54, 1.807) is 6.08 Å². The molecular weight excluding hydrogens is 709 g/mol. The van der Waals surface area contributed by atoms with Crippen molar-refractivity contribution in [1.29, 1.82) is 0 Å². The fraction of sp³-hybridized carbons (Fsp3) is 0.588. The van der Waals surface area contributed by atoms with Gasteiger partial charge in [0, 0.05) is 12.8 Å². The van der Waals surface area contributed by atoms with Crippen LogP contribution in [0.3, 0.4) is 0 Å². The zero-order chi connectivity index (χ0) is 41.5. The Morgan fingerprint density at radius 2 is 0.737 bits per heavy atom. The number of carbonyl (C=O) groups is 3. The molecule has 6 nitrogen and oxygen atoms in total. The molecule has 0 aromatic heterocycles. The van der Waals surface area contributed by atoms with E-state index in [1.165, 1.54) is 12.8 Å². The van der Waals surface area contributed by atoms with Crippen molar-refractivity contribution in [3.05, 3.63) is 109 Å². The summed E-state index contributed by atoms with van der Waals surface area (Å²) in [4.78, 5) is 37.4. The van der Waals surface area contributed by atoms with E-state index in [1.807, 2.05) is 6.08 Å². The Kier molecular flexibility index (Phi) is 41.7. The van der Waals surface area contributed by atoms with Gasteiger partial charge < -0.3 is 14.2 Å². The molecule has 0 N–H and O–H groups in total. The molecule has 0 fully saturated rings. The molecule has 1 unspecified atom stereocenters. The third kappa shape index (κ3) is 43.0. The molecule has 0 saturated carbocycles. The lowest BCUT2D eigenvalue weighted by molar-refractivity contribution is -0.166. The van der Waals surface area contributed by atoms with Crippen LogP contribution in [0.5, 0.6) is 0 Å². The normalized spacial score (nSPS) is 13.1. The highest BCUT2D eigenvalue weighted by molar-refractivity contribution is 5.72. The fourth-order valence-corrected chi connectivity index (χ4v) is 5.51. The van der Waals surface area contributed by atoms with Gasteiger partial charge in [-0.15, -0.1) is 0 Å². The van der Waals surface area contributed by atoms with Crippen LogP contribution in [0.4, 0.5) is 0 Å². The van der Waals surface area contributed by atoms with Crippen LogP contribution in [0.2, 0.25) is 0 Å². The molecular formula is C51H80O6. The molecule has 1 atom stereocenters. The van der Waals surface area contributed by atoms with Crippen LogP contribution in [0.15, 0.2) is 109 Å². The summed E-state index contributed by atoms with van der Waals surface area (Å²) < 4.78 is 16.5. The molecule has 6 heteroatoms. The zero-order valence-electron chi connectivity index (χ0n) is 36.3. The van der Waals surface area contributed by atoms with E-state index in [4.69, 9.17) is 14.2 Å². The Hall–Kier alpha value is -3.93. The van der Waals surface area contributed by atoms with Crippen molar-refractivity contribution < 1.29 is 28.6 Å². The SMILES string of the molecule is CC/C=C\C/C=C\C/C=C\C/C=C\C/C=C\CC(=O)OC(COC(=O)CCCCCCC)COC(=O)CCCCCCCC/C=C\C/C=C\C/C=C\C/C=C\CC. The van der Waals surface area contributed by atoms with Gasteiger partial charge in [-0.3, -0.25) is 14.4 Å². The van der Waals surface area contributed by atoms with Crippen molar-refractivity contribution in [2.45, 2.75) is 181 Å². The van der Waals surface area contributed by atoms with Gasteiger partial charge in [0.15, 0.2) is 6.10 Å². The Balaban J connectivity index is 4.39. The van der Waals surface area contributed by atoms with Crippen molar-refractivity contribution >= 4 is 17.9 Å². The first-order chi connectivity index (χ1) is 28.0. The van der Waals surface area contributed by atoms with Gasteiger partial charge in [0.2, 0.25) is 0 Å². The molecule has 0 spiro atoms. The van der Waals surface area contributed by atoms with Crippen molar-refractivity contribution in [2.24, 2.45) is 0 Å². The number of hydrogen-bond donors (Lipinski definition) is 0. The fourth-order valence-electron chi connectivity index (χ4n) is 5.51. The van der Waals surface area contributed by atoms with Gasteiger partial charge in [0.1, 0.15) is 13.2 Å². The predicted octanol–water partition coefficient (Wildman–Crippen LogP) is 14.4. The van der Waals surface area contributed by atoms with Gasteiger partial charge >= 0.3 is 17.9 Å². The number of rotatable bonds is 38. The minimum absolute atomic E-state index is 0.0901. The molecule has 0 aliphatic rings. The summed E-state index contributed by atoms with van der Waals surface area (Å²) in [6, 6.07) is 0. The summed E-state index contributed by atoms with van der Waals surface area (Å²) in [7, 11) is 0. The summed E-state index contributed by atoms with van der Waals surface area (Å²) in [5, 5.41) is 0. The minimum atomic E-state index is -0.835. The molecule has 0 amide bonds. The van der Waals surface area contributed by atoms with Crippen molar-refractivity contribution in [3.63, 3.8) is 0 Å². The van der Waals surface area contributed by atoms with E-state index < -0.39 is 12.1 Å². The number of unbranched alkanes of at least 4 members (excludes halogenated alkanes) is 10. The highest BCUT2D eigenvalue weighted by Crippen LogP contribution is 2.11. The average molecular weight is 789 g/mol. The average Bonchev–Trinajstić information content (AvgIpc) is 3.21. The first-order valence-corrected chi connectivity index (χ1v) is 22.4. The van der Waals surface area contributed by atoms with Crippen molar-refractivity contribution in [1.82, 2.24) is 0 Å². The molecule has 57 heavy (non-hydrogen) atoms. The summed E-state index contributed by atoms with van der Waals surface area (Å²) in [6.07, 6.45) is 59.8. The first-order valence-electron chi connectivity index (χ1n) is 22.4. The summed E-state index contributed by atoms with van der Waals surface area (Å²) in [5.74, 6) is -1.10. The topological polar surface area (TPSA) is 78.9 Å². The smallest absolute Gasteiger partial charge is 0.310 e. The van der Waals surface area contributed by atoms with E-state index in [0.717, 1.165) is 116 Å². The van der Waals surface area contributed by atoms with Crippen LogP contribution in [-0.4, -0.2) is 37.2 Å². The third-order valence-corrected chi connectivity index (χ3v) is 8.81. The van der Waals surface area contributed by atoms with Crippen LogP contribution >= 0.6 is 0 Å². The molecule has 0 saturated heterocycles. The van der Waals surface area contributed by atoms with Gasteiger partial charge in [-0.2, -0.15) is 0 Å². The van der Waals surface area contributed by atoms with Gasteiger partial charge in [0.25, 0.3) is 0 Å².